The van der Waals surface area contributed by atoms with E-state index in [4.69, 9.17) is 0 Å². The molecule has 0 atom stereocenters. The zero-order valence-electron chi connectivity index (χ0n) is 10.2. The normalized spacial score (nSPS) is 11.1. The fourth-order valence-electron chi connectivity index (χ4n) is 2.04. The zero-order valence-corrected chi connectivity index (χ0v) is 11.7. The Bertz CT molecular complexity index is 731. The number of aryl methyl sites for hydroxylation is 2. The van der Waals surface area contributed by atoms with E-state index in [1.165, 1.54) is 0 Å². The molecule has 0 fully saturated rings. The van der Waals surface area contributed by atoms with Gasteiger partial charge in [-0.1, -0.05) is 22.0 Å². The van der Waals surface area contributed by atoms with Crippen LogP contribution in [0.5, 0.6) is 0 Å². The van der Waals surface area contributed by atoms with Gasteiger partial charge in [-0.3, -0.25) is 0 Å². The van der Waals surface area contributed by atoms with Gasteiger partial charge in [-0.15, -0.1) is 0 Å². The van der Waals surface area contributed by atoms with Crippen molar-refractivity contribution in [1.82, 2.24) is 15.0 Å². The highest BCUT2D eigenvalue weighted by molar-refractivity contribution is 9.10. The Morgan fingerprint density at radius 3 is 2.72 bits per heavy atom. The standard InChI is InChI=1S/C14H12BrN3/c1-8-6-10(15)7-12-13(8)18-14(17-12)11-5-3-4-9(2)16-11/h3-7H,1-2H3,(H,17,18). The van der Waals surface area contributed by atoms with E-state index in [2.05, 4.69) is 43.9 Å². The highest BCUT2D eigenvalue weighted by Crippen LogP contribution is 2.25. The first-order valence-electron chi connectivity index (χ1n) is 5.73. The van der Waals surface area contributed by atoms with E-state index in [0.717, 1.165) is 38.3 Å². The van der Waals surface area contributed by atoms with Crippen molar-refractivity contribution < 1.29 is 0 Å². The molecule has 0 aliphatic rings. The molecule has 1 N–H and O–H groups in total. The molecule has 0 radical (unpaired) electrons. The van der Waals surface area contributed by atoms with Gasteiger partial charge in [0.15, 0.2) is 5.82 Å². The molecule has 1 aromatic carbocycles. The van der Waals surface area contributed by atoms with Crippen LogP contribution in [-0.2, 0) is 0 Å². The van der Waals surface area contributed by atoms with Crippen molar-refractivity contribution in [3.05, 3.63) is 46.1 Å². The average molecular weight is 302 g/mol. The van der Waals surface area contributed by atoms with Crippen LogP contribution >= 0.6 is 15.9 Å². The van der Waals surface area contributed by atoms with E-state index in [9.17, 15) is 0 Å². The summed E-state index contributed by atoms with van der Waals surface area (Å²) in [5, 5.41) is 0. The second-order valence-electron chi connectivity index (χ2n) is 4.37. The molecule has 2 aromatic heterocycles. The Kier molecular flexibility index (Phi) is 2.67. The number of pyridine rings is 1. The highest BCUT2D eigenvalue weighted by Gasteiger charge is 2.09. The third kappa shape index (κ3) is 1.93. The van der Waals surface area contributed by atoms with Gasteiger partial charge in [0.1, 0.15) is 5.69 Å². The smallest absolute Gasteiger partial charge is 0.157 e. The summed E-state index contributed by atoms with van der Waals surface area (Å²) in [5.41, 5.74) is 5.04. The van der Waals surface area contributed by atoms with Crippen molar-refractivity contribution >= 4 is 27.0 Å². The van der Waals surface area contributed by atoms with Gasteiger partial charge in [0.05, 0.1) is 11.0 Å². The van der Waals surface area contributed by atoms with E-state index in [0.29, 0.717) is 0 Å². The van der Waals surface area contributed by atoms with Gasteiger partial charge in [-0.2, -0.15) is 0 Å². The monoisotopic (exact) mass is 301 g/mol. The number of aromatic amines is 1. The maximum Gasteiger partial charge on any atom is 0.157 e. The SMILES string of the molecule is Cc1cccc(-c2nc3c(C)cc(Br)cc3[nH]2)n1. The molecule has 3 aromatic rings. The van der Waals surface area contributed by atoms with E-state index >= 15 is 0 Å². The molecule has 4 heteroatoms. The Morgan fingerprint density at radius 1 is 1.11 bits per heavy atom. The summed E-state index contributed by atoms with van der Waals surface area (Å²) in [6.45, 7) is 4.04. The van der Waals surface area contributed by atoms with Crippen LogP contribution in [0, 0.1) is 13.8 Å². The number of H-pyrrole nitrogens is 1. The molecular formula is C14H12BrN3. The van der Waals surface area contributed by atoms with Gasteiger partial charge in [-0.05, 0) is 43.7 Å². The number of rotatable bonds is 1. The molecule has 3 nitrogen and oxygen atoms in total. The first-order valence-corrected chi connectivity index (χ1v) is 6.53. The largest absolute Gasteiger partial charge is 0.337 e. The van der Waals surface area contributed by atoms with Gasteiger partial charge in [0, 0.05) is 10.2 Å². The molecule has 2 heterocycles. The summed E-state index contributed by atoms with van der Waals surface area (Å²) in [7, 11) is 0. The van der Waals surface area contributed by atoms with Crippen molar-refractivity contribution in [2.45, 2.75) is 13.8 Å². The summed E-state index contributed by atoms with van der Waals surface area (Å²) in [6.07, 6.45) is 0. The third-order valence-electron chi connectivity index (χ3n) is 2.87. The summed E-state index contributed by atoms with van der Waals surface area (Å²) >= 11 is 3.50. The summed E-state index contributed by atoms with van der Waals surface area (Å²) in [4.78, 5) is 12.4. The lowest BCUT2D eigenvalue weighted by Crippen LogP contribution is -1.87. The lowest BCUT2D eigenvalue weighted by Gasteiger charge is -1.96. The number of hydrogen-bond donors (Lipinski definition) is 1. The summed E-state index contributed by atoms with van der Waals surface area (Å²) in [5.74, 6) is 0.815. The third-order valence-corrected chi connectivity index (χ3v) is 3.33. The lowest BCUT2D eigenvalue weighted by atomic mass is 10.2. The van der Waals surface area contributed by atoms with Crippen LogP contribution < -0.4 is 0 Å². The number of halogens is 1. The van der Waals surface area contributed by atoms with Gasteiger partial charge in [-0.25, -0.2) is 9.97 Å². The molecule has 0 bridgehead atoms. The molecular weight excluding hydrogens is 290 g/mol. The van der Waals surface area contributed by atoms with Crippen LogP contribution in [0.25, 0.3) is 22.6 Å². The molecule has 0 unspecified atom stereocenters. The Balaban J connectivity index is 2.22. The van der Waals surface area contributed by atoms with E-state index in [-0.39, 0.29) is 0 Å². The van der Waals surface area contributed by atoms with Gasteiger partial charge in [0.25, 0.3) is 0 Å². The van der Waals surface area contributed by atoms with Crippen LogP contribution in [0.2, 0.25) is 0 Å². The Labute approximate surface area is 113 Å². The first kappa shape index (κ1) is 11.4. The number of fused-ring (bicyclic) bond motifs is 1. The minimum absolute atomic E-state index is 0.815. The second kappa shape index (κ2) is 4.21. The van der Waals surface area contributed by atoms with Gasteiger partial charge >= 0.3 is 0 Å². The molecule has 0 amide bonds. The average Bonchev–Trinajstić information content (AvgIpc) is 2.73. The van der Waals surface area contributed by atoms with Crippen LogP contribution in [-0.4, -0.2) is 15.0 Å². The van der Waals surface area contributed by atoms with Gasteiger partial charge in [0.2, 0.25) is 0 Å². The number of imidazole rings is 1. The number of aromatic nitrogens is 3. The number of benzene rings is 1. The molecule has 3 rings (SSSR count). The summed E-state index contributed by atoms with van der Waals surface area (Å²) in [6, 6.07) is 10.0. The molecule has 90 valence electrons. The molecule has 18 heavy (non-hydrogen) atoms. The number of nitrogens with zero attached hydrogens (tertiary/aromatic N) is 2. The minimum atomic E-state index is 0.815. The predicted octanol–water partition coefficient (Wildman–Crippen LogP) is 4.00. The van der Waals surface area contributed by atoms with Crippen LogP contribution in [0.3, 0.4) is 0 Å². The highest BCUT2D eigenvalue weighted by atomic mass is 79.9. The maximum atomic E-state index is 4.63. The number of hydrogen-bond acceptors (Lipinski definition) is 2. The number of nitrogens with one attached hydrogen (secondary N) is 1. The molecule has 0 saturated heterocycles. The lowest BCUT2D eigenvalue weighted by molar-refractivity contribution is 1.17. The van der Waals surface area contributed by atoms with Crippen LogP contribution in [0.1, 0.15) is 11.3 Å². The van der Waals surface area contributed by atoms with Crippen LogP contribution in [0.4, 0.5) is 0 Å². The quantitative estimate of drug-likeness (QED) is 0.738. The van der Waals surface area contributed by atoms with Crippen molar-refractivity contribution in [1.29, 1.82) is 0 Å². The van der Waals surface area contributed by atoms with E-state index in [1.54, 1.807) is 0 Å². The van der Waals surface area contributed by atoms with Crippen molar-refractivity contribution in [2.75, 3.05) is 0 Å². The first-order chi connectivity index (χ1) is 8.63. The fourth-order valence-corrected chi connectivity index (χ4v) is 2.62. The molecule has 0 aliphatic carbocycles. The van der Waals surface area contributed by atoms with Gasteiger partial charge < -0.3 is 4.98 Å². The fraction of sp³-hybridized carbons (Fsp3) is 0.143. The predicted molar refractivity (Wildman–Crippen MR) is 76.5 cm³/mol. The summed E-state index contributed by atoms with van der Waals surface area (Å²) < 4.78 is 1.06. The van der Waals surface area contributed by atoms with Crippen LogP contribution in [0.15, 0.2) is 34.8 Å². The van der Waals surface area contributed by atoms with Crippen molar-refractivity contribution in [3.63, 3.8) is 0 Å². The molecule has 0 aliphatic heterocycles. The maximum absolute atomic E-state index is 4.63. The van der Waals surface area contributed by atoms with E-state index in [1.807, 2.05) is 31.2 Å². The van der Waals surface area contributed by atoms with E-state index < -0.39 is 0 Å². The molecule has 0 saturated carbocycles. The van der Waals surface area contributed by atoms with Crippen molar-refractivity contribution in [2.24, 2.45) is 0 Å². The minimum Gasteiger partial charge on any atom is -0.337 e. The second-order valence-corrected chi connectivity index (χ2v) is 5.28. The van der Waals surface area contributed by atoms with Crippen molar-refractivity contribution in [3.8, 4) is 11.5 Å². The zero-order chi connectivity index (χ0) is 12.7. The Morgan fingerprint density at radius 2 is 1.94 bits per heavy atom. The molecule has 0 spiro atoms. The Hall–Kier alpha value is -1.68. The topological polar surface area (TPSA) is 41.6 Å².